The van der Waals surface area contributed by atoms with E-state index in [4.69, 9.17) is 5.73 Å². The second-order valence-corrected chi connectivity index (χ2v) is 5.60. The fourth-order valence-corrected chi connectivity index (χ4v) is 2.59. The van der Waals surface area contributed by atoms with Crippen molar-refractivity contribution in [2.45, 2.75) is 64.8 Å². The molecule has 17 heavy (non-hydrogen) atoms. The van der Waals surface area contributed by atoms with E-state index < -0.39 is 0 Å². The minimum atomic E-state index is -0.314. The summed E-state index contributed by atoms with van der Waals surface area (Å²) in [7, 11) is 0. The average molecular weight is 240 g/mol. The summed E-state index contributed by atoms with van der Waals surface area (Å²) in [6.07, 6.45) is 8.25. The van der Waals surface area contributed by atoms with E-state index in [-0.39, 0.29) is 11.9 Å². The van der Waals surface area contributed by atoms with Gasteiger partial charge in [0.1, 0.15) is 0 Å². The third-order valence-electron chi connectivity index (χ3n) is 3.92. The highest BCUT2D eigenvalue weighted by Crippen LogP contribution is 2.29. The quantitative estimate of drug-likeness (QED) is 0.749. The lowest BCUT2D eigenvalue weighted by molar-refractivity contribution is -0.122. The molecular weight excluding hydrogens is 212 g/mol. The zero-order valence-corrected chi connectivity index (χ0v) is 11.4. The maximum Gasteiger partial charge on any atom is 0.236 e. The first-order valence-electron chi connectivity index (χ1n) is 7.16. The number of hydrogen-bond donors (Lipinski definition) is 2. The van der Waals surface area contributed by atoms with Crippen LogP contribution in [0.1, 0.15) is 58.8 Å². The molecule has 0 heterocycles. The van der Waals surface area contributed by atoms with Gasteiger partial charge in [0.15, 0.2) is 0 Å². The number of nitrogens with two attached hydrogens (primary N) is 1. The fourth-order valence-electron chi connectivity index (χ4n) is 2.59. The minimum Gasteiger partial charge on any atom is -0.355 e. The lowest BCUT2D eigenvalue weighted by atomic mass is 9.81. The molecule has 3 heteroatoms. The number of nitrogens with one attached hydrogen (secondary N) is 1. The molecule has 3 N–H and O–H groups in total. The summed E-state index contributed by atoms with van der Waals surface area (Å²) < 4.78 is 0. The zero-order chi connectivity index (χ0) is 12.7. The van der Waals surface area contributed by atoms with Crippen LogP contribution >= 0.6 is 0 Å². The number of carbonyl (C=O) groups is 1. The molecule has 100 valence electrons. The first-order valence-corrected chi connectivity index (χ1v) is 7.16. The van der Waals surface area contributed by atoms with Crippen molar-refractivity contribution in [3.05, 3.63) is 0 Å². The Morgan fingerprint density at radius 1 is 1.35 bits per heavy atom. The predicted molar refractivity (Wildman–Crippen MR) is 71.6 cm³/mol. The standard InChI is InChI=1S/C14H28N2O/c1-3-4-13(15)14(17)16-10-9-12-7-5-11(2)6-8-12/h11-13H,3-10,15H2,1-2H3,(H,16,17). The van der Waals surface area contributed by atoms with E-state index >= 15 is 0 Å². The number of amides is 1. The fraction of sp³-hybridized carbons (Fsp3) is 0.929. The zero-order valence-electron chi connectivity index (χ0n) is 11.4. The molecule has 0 bridgehead atoms. The van der Waals surface area contributed by atoms with Gasteiger partial charge in [0.25, 0.3) is 0 Å². The molecule has 1 fully saturated rings. The van der Waals surface area contributed by atoms with E-state index in [1.54, 1.807) is 0 Å². The van der Waals surface area contributed by atoms with Gasteiger partial charge in [0, 0.05) is 6.54 Å². The van der Waals surface area contributed by atoms with Gasteiger partial charge in [0.05, 0.1) is 6.04 Å². The molecule has 0 spiro atoms. The molecule has 3 nitrogen and oxygen atoms in total. The maximum absolute atomic E-state index is 11.6. The van der Waals surface area contributed by atoms with Crippen LogP contribution in [0.4, 0.5) is 0 Å². The van der Waals surface area contributed by atoms with E-state index in [2.05, 4.69) is 19.2 Å². The molecule has 0 aliphatic heterocycles. The highest BCUT2D eigenvalue weighted by Gasteiger charge is 2.18. The molecule has 0 aromatic carbocycles. The molecular formula is C14H28N2O. The average Bonchev–Trinajstić information content (AvgIpc) is 2.32. The summed E-state index contributed by atoms with van der Waals surface area (Å²) in [5.41, 5.74) is 5.75. The lowest BCUT2D eigenvalue weighted by Gasteiger charge is -2.26. The van der Waals surface area contributed by atoms with Crippen molar-refractivity contribution in [2.24, 2.45) is 17.6 Å². The van der Waals surface area contributed by atoms with Gasteiger partial charge in [-0.05, 0) is 24.7 Å². The van der Waals surface area contributed by atoms with Gasteiger partial charge in [-0.2, -0.15) is 0 Å². The smallest absolute Gasteiger partial charge is 0.236 e. The van der Waals surface area contributed by atoms with Crippen molar-refractivity contribution < 1.29 is 4.79 Å². The monoisotopic (exact) mass is 240 g/mol. The van der Waals surface area contributed by atoms with Crippen LogP contribution in [-0.4, -0.2) is 18.5 Å². The molecule has 1 atom stereocenters. The van der Waals surface area contributed by atoms with Gasteiger partial charge in [-0.25, -0.2) is 0 Å². The van der Waals surface area contributed by atoms with Gasteiger partial charge in [-0.1, -0.05) is 46.0 Å². The summed E-state index contributed by atoms with van der Waals surface area (Å²) in [4.78, 5) is 11.6. The Bertz CT molecular complexity index is 222. The van der Waals surface area contributed by atoms with Gasteiger partial charge < -0.3 is 11.1 Å². The van der Waals surface area contributed by atoms with Crippen LogP contribution in [0.15, 0.2) is 0 Å². The first-order chi connectivity index (χ1) is 8.13. The first kappa shape index (κ1) is 14.5. The Morgan fingerprint density at radius 2 is 2.00 bits per heavy atom. The molecule has 0 saturated heterocycles. The van der Waals surface area contributed by atoms with Crippen molar-refractivity contribution in [3.8, 4) is 0 Å². The summed E-state index contributed by atoms with van der Waals surface area (Å²) in [6.45, 7) is 5.19. The SMILES string of the molecule is CCCC(N)C(=O)NCCC1CCC(C)CC1. The third kappa shape index (κ3) is 5.53. The van der Waals surface area contributed by atoms with Crippen LogP contribution in [0.25, 0.3) is 0 Å². The highest BCUT2D eigenvalue weighted by atomic mass is 16.2. The largest absolute Gasteiger partial charge is 0.355 e. The third-order valence-corrected chi connectivity index (χ3v) is 3.92. The van der Waals surface area contributed by atoms with Crippen LogP contribution in [0, 0.1) is 11.8 Å². The van der Waals surface area contributed by atoms with Crippen molar-refractivity contribution in [3.63, 3.8) is 0 Å². The molecule has 1 aliphatic carbocycles. The highest BCUT2D eigenvalue weighted by molar-refractivity contribution is 5.81. The van der Waals surface area contributed by atoms with Crippen LogP contribution in [0.3, 0.4) is 0 Å². The summed E-state index contributed by atoms with van der Waals surface area (Å²) >= 11 is 0. The van der Waals surface area contributed by atoms with E-state index in [1.165, 1.54) is 25.7 Å². The van der Waals surface area contributed by atoms with Gasteiger partial charge in [-0.15, -0.1) is 0 Å². The van der Waals surface area contributed by atoms with Gasteiger partial charge in [-0.3, -0.25) is 4.79 Å². The number of carbonyl (C=O) groups excluding carboxylic acids is 1. The predicted octanol–water partition coefficient (Wildman–Crippen LogP) is 2.45. The Morgan fingerprint density at radius 3 is 2.59 bits per heavy atom. The number of rotatable bonds is 6. The molecule has 1 rings (SSSR count). The Balaban J connectivity index is 2.09. The molecule has 1 aliphatic rings. The normalized spacial score (nSPS) is 26.5. The van der Waals surface area contributed by atoms with Crippen molar-refractivity contribution in [2.75, 3.05) is 6.54 Å². The summed E-state index contributed by atoms with van der Waals surface area (Å²) in [5, 5.41) is 2.96. The molecule has 0 aromatic heterocycles. The summed E-state index contributed by atoms with van der Waals surface area (Å²) in [6, 6.07) is -0.314. The Kier molecular flexibility index (Phi) is 6.56. The molecule has 0 aromatic rings. The van der Waals surface area contributed by atoms with Gasteiger partial charge in [0.2, 0.25) is 5.91 Å². The van der Waals surface area contributed by atoms with Gasteiger partial charge >= 0.3 is 0 Å². The van der Waals surface area contributed by atoms with E-state index in [0.717, 1.165) is 37.6 Å². The van der Waals surface area contributed by atoms with E-state index in [1.807, 2.05) is 0 Å². The maximum atomic E-state index is 11.6. The van der Waals surface area contributed by atoms with Crippen LogP contribution in [0.2, 0.25) is 0 Å². The molecule has 1 saturated carbocycles. The van der Waals surface area contributed by atoms with Crippen LogP contribution < -0.4 is 11.1 Å². The topological polar surface area (TPSA) is 55.1 Å². The van der Waals surface area contributed by atoms with Crippen LogP contribution in [0.5, 0.6) is 0 Å². The summed E-state index contributed by atoms with van der Waals surface area (Å²) in [5.74, 6) is 1.74. The van der Waals surface area contributed by atoms with Crippen molar-refractivity contribution >= 4 is 5.91 Å². The molecule has 1 unspecified atom stereocenters. The van der Waals surface area contributed by atoms with Crippen LogP contribution in [-0.2, 0) is 4.79 Å². The van der Waals surface area contributed by atoms with Crippen molar-refractivity contribution in [1.82, 2.24) is 5.32 Å². The Labute approximate surface area is 106 Å². The molecule has 0 radical (unpaired) electrons. The minimum absolute atomic E-state index is 0.0241. The Hall–Kier alpha value is -0.570. The van der Waals surface area contributed by atoms with E-state index in [0.29, 0.717) is 0 Å². The number of hydrogen-bond acceptors (Lipinski definition) is 2. The second-order valence-electron chi connectivity index (χ2n) is 5.60. The lowest BCUT2D eigenvalue weighted by Crippen LogP contribution is -2.41. The van der Waals surface area contributed by atoms with E-state index in [9.17, 15) is 4.79 Å². The molecule has 1 amide bonds. The van der Waals surface area contributed by atoms with Crippen molar-refractivity contribution in [1.29, 1.82) is 0 Å². The second kappa shape index (κ2) is 7.70.